The molecule has 37 heavy (non-hydrogen) atoms. The van der Waals surface area contributed by atoms with E-state index in [2.05, 4.69) is 27.7 Å². The Bertz CT molecular complexity index is 459. The van der Waals surface area contributed by atoms with Crippen molar-refractivity contribution in [2.75, 3.05) is 47.5 Å². The number of rotatable bonds is 29. The Morgan fingerprint density at radius 3 is 1.08 bits per heavy atom. The van der Waals surface area contributed by atoms with Gasteiger partial charge < -0.3 is 17.8 Å². The quantitative estimate of drug-likeness (QED) is 0.0532. The summed E-state index contributed by atoms with van der Waals surface area (Å²) in [5.41, 5.74) is 0.307. The van der Waals surface area contributed by atoms with E-state index in [1.807, 2.05) is 0 Å². The van der Waals surface area contributed by atoms with Gasteiger partial charge in [-0.1, -0.05) is 130 Å². The van der Waals surface area contributed by atoms with Crippen LogP contribution in [0.4, 0.5) is 0 Å². The van der Waals surface area contributed by atoms with Crippen LogP contribution in [0.5, 0.6) is 0 Å². The van der Waals surface area contributed by atoms with Gasteiger partial charge >= 0.3 is 8.80 Å². The third-order valence-electron chi connectivity index (χ3n) is 8.50. The van der Waals surface area contributed by atoms with Crippen LogP contribution >= 0.6 is 0 Å². The molecule has 0 aromatic rings. The van der Waals surface area contributed by atoms with Gasteiger partial charge in [0.05, 0.1) is 31.7 Å². The van der Waals surface area contributed by atoms with Crippen molar-refractivity contribution in [2.24, 2.45) is 0 Å². The van der Waals surface area contributed by atoms with Gasteiger partial charge in [-0.05, 0) is 25.7 Å². The topological polar surface area (TPSA) is 27.7 Å². The highest BCUT2D eigenvalue weighted by Gasteiger charge is 2.48. The molecular formula is C32H70NO3Si+. The predicted molar refractivity (Wildman–Crippen MR) is 165 cm³/mol. The Balaban J connectivity index is 4.02. The minimum absolute atomic E-state index is 0.307. The van der Waals surface area contributed by atoms with Gasteiger partial charge in [-0.25, -0.2) is 0 Å². The molecule has 0 amide bonds. The number of unbranched alkanes of at least 4 members (excludes halogenated alkanes) is 17. The maximum absolute atomic E-state index is 5.83. The van der Waals surface area contributed by atoms with Crippen molar-refractivity contribution < 1.29 is 17.8 Å². The number of quaternary nitrogens is 1. The third kappa shape index (κ3) is 17.4. The van der Waals surface area contributed by atoms with E-state index in [1.165, 1.54) is 153 Å². The highest BCUT2D eigenvalue weighted by molar-refractivity contribution is 6.62. The molecular weight excluding hydrogens is 474 g/mol. The summed E-state index contributed by atoms with van der Waals surface area (Å²) in [5.74, 6) is 0. The lowest BCUT2D eigenvalue weighted by atomic mass is 10.0. The molecule has 0 spiro atoms. The first-order valence-corrected chi connectivity index (χ1v) is 18.3. The van der Waals surface area contributed by atoms with Crippen LogP contribution in [0.15, 0.2) is 0 Å². The Morgan fingerprint density at radius 1 is 0.459 bits per heavy atom. The van der Waals surface area contributed by atoms with Gasteiger partial charge in [-0.2, -0.15) is 0 Å². The molecule has 0 bridgehead atoms. The van der Waals surface area contributed by atoms with Crippen LogP contribution in [0.2, 0.25) is 5.54 Å². The zero-order valence-corrected chi connectivity index (χ0v) is 27.7. The second-order valence-corrected chi connectivity index (χ2v) is 15.2. The highest BCUT2D eigenvalue weighted by atomic mass is 28.4. The Labute approximate surface area is 235 Å². The summed E-state index contributed by atoms with van der Waals surface area (Å²) in [6.07, 6.45) is 28.3. The van der Waals surface area contributed by atoms with Crippen LogP contribution < -0.4 is 0 Å². The van der Waals surface area contributed by atoms with E-state index in [4.69, 9.17) is 13.3 Å². The van der Waals surface area contributed by atoms with E-state index in [-0.39, 0.29) is 0 Å². The van der Waals surface area contributed by atoms with Crippen molar-refractivity contribution in [3.8, 4) is 0 Å². The average molecular weight is 545 g/mol. The summed E-state index contributed by atoms with van der Waals surface area (Å²) >= 11 is 0. The minimum Gasteiger partial charge on any atom is -0.377 e. The third-order valence-corrected chi connectivity index (χ3v) is 11.6. The van der Waals surface area contributed by atoms with Gasteiger partial charge in [0.1, 0.15) is 0 Å². The largest absolute Gasteiger partial charge is 0.508 e. The molecule has 0 rings (SSSR count). The molecule has 5 heteroatoms. The first-order chi connectivity index (χ1) is 18.0. The van der Waals surface area contributed by atoms with Crippen molar-refractivity contribution in [2.45, 2.75) is 162 Å². The average Bonchev–Trinajstić information content (AvgIpc) is 2.89. The first-order valence-electron chi connectivity index (χ1n) is 16.5. The van der Waals surface area contributed by atoms with Crippen LogP contribution in [0.1, 0.15) is 156 Å². The van der Waals surface area contributed by atoms with Crippen LogP contribution in [0, 0.1) is 0 Å². The first kappa shape index (κ1) is 37.1. The zero-order chi connectivity index (χ0) is 27.7. The Hall–Kier alpha value is 0.0569. The molecule has 0 aliphatic rings. The number of nitrogens with zero attached hydrogens (tertiary/aromatic N) is 1. The lowest BCUT2D eigenvalue weighted by molar-refractivity contribution is -0.928. The van der Waals surface area contributed by atoms with Gasteiger partial charge in [-0.3, -0.25) is 0 Å². The van der Waals surface area contributed by atoms with Crippen molar-refractivity contribution >= 4 is 8.80 Å². The molecule has 224 valence electrons. The summed E-state index contributed by atoms with van der Waals surface area (Å²) in [6.45, 7) is 14.1. The van der Waals surface area contributed by atoms with E-state index in [0.29, 0.717) is 5.54 Å². The predicted octanol–water partition coefficient (Wildman–Crippen LogP) is 9.93. The SMILES string of the molecule is CCCCCCCCCCCCCCCCCCCC[N+](CCC)(CCC)CC(C)[Si](OC)(OC)OC. The fourth-order valence-electron chi connectivity index (χ4n) is 6.45. The molecule has 0 saturated heterocycles. The lowest BCUT2D eigenvalue weighted by Crippen LogP contribution is -2.57. The summed E-state index contributed by atoms with van der Waals surface area (Å²) in [7, 11) is 2.66. The molecule has 0 aromatic heterocycles. The summed E-state index contributed by atoms with van der Waals surface area (Å²) in [5, 5.41) is 0. The number of hydrogen-bond donors (Lipinski definition) is 0. The number of hydrogen-bond acceptors (Lipinski definition) is 3. The Morgan fingerprint density at radius 2 is 0.784 bits per heavy atom. The van der Waals surface area contributed by atoms with Crippen LogP contribution in [-0.2, 0) is 13.3 Å². The molecule has 0 saturated carbocycles. The normalized spacial score (nSPS) is 13.4. The van der Waals surface area contributed by atoms with Crippen LogP contribution in [0.25, 0.3) is 0 Å². The van der Waals surface area contributed by atoms with Crippen molar-refractivity contribution in [3.05, 3.63) is 0 Å². The summed E-state index contributed by atoms with van der Waals surface area (Å²) in [4.78, 5) is 0. The monoisotopic (exact) mass is 545 g/mol. The molecule has 0 aliphatic carbocycles. The van der Waals surface area contributed by atoms with E-state index < -0.39 is 8.80 Å². The van der Waals surface area contributed by atoms with Gasteiger partial charge in [-0.15, -0.1) is 0 Å². The van der Waals surface area contributed by atoms with Crippen molar-refractivity contribution in [1.29, 1.82) is 0 Å². The minimum atomic E-state index is -2.60. The fraction of sp³-hybridized carbons (Fsp3) is 1.00. The Kier molecular flexibility index (Phi) is 25.1. The van der Waals surface area contributed by atoms with E-state index in [0.717, 1.165) is 6.54 Å². The molecule has 4 nitrogen and oxygen atoms in total. The summed E-state index contributed by atoms with van der Waals surface area (Å²) in [6, 6.07) is 0. The molecule has 1 unspecified atom stereocenters. The molecule has 0 aliphatic heterocycles. The fourth-order valence-corrected chi connectivity index (χ4v) is 8.77. The maximum Gasteiger partial charge on any atom is 0.508 e. The molecule has 0 N–H and O–H groups in total. The standard InChI is InChI=1S/C32H70NO3Si/c1-8-11-12-13-14-15-16-17-18-19-20-21-22-23-24-25-26-27-30-33(28-9-2,29-10-3)31-32(4)37(34-5,35-6)36-7/h32H,8-31H2,1-7H3/q+1. The zero-order valence-electron chi connectivity index (χ0n) is 26.7. The van der Waals surface area contributed by atoms with Gasteiger partial charge in [0.15, 0.2) is 0 Å². The smallest absolute Gasteiger partial charge is 0.377 e. The summed E-state index contributed by atoms with van der Waals surface area (Å²) < 4.78 is 18.7. The lowest BCUT2D eigenvalue weighted by Gasteiger charge is -2.43. The second-order valence-electron chi connectivity index (χ2n) is 11.8. The van der Waals surface area contributed by atoms with Crippen LogP contribution in [-0.4, -0.2) is 60.8 Å². The molecule has 0 heterocycles. The van der Waals surface area contributed by atoms with Crippen LogP contribution in [0.3, 0.4) is 0 Å². The van der Waals surface area contributed by atoms with E-state index in [1.54, 1.807) is 21.3 Å². The van der Waals surface area contributed by atoms with Crippen molar-refractivity contribution in [1.82, 2.24) is 0 Å². The highest BCUT2D eigenvalue weighted by Crippen LogP contribution is 2.29. The van der Waals surface area contributed by atoms with E-state index >= 15 is 0 Å². The molecule has 0 aromatic carbocycles. The van der Waals surface area contributed by atoms with Crippen molar-refractivity contribution in [3.63, 3.8) is 0 Å². The van der Waals surface area contributed by atoms with Gasteiger partial charge in [0, 0.05) is 21.3 Å². The molecule has 0 radical (unpaired) electrons. The molecule has 0 fully saturated rings. The van der Waals surface area contributed by atoms with Gasteiger partial charge in [0.2, 0.25) is 0 Å². The second kappa shape index (κ2) is 25.1. The molecule has 1 atom stereocenters. The van der Waals surface area contributed by atoms with Gasteiger partial charge in [0.25, 0.3) is 0 Å². The maximum atomic E-state index is 5.83. The van der Waals surface area contributed by atoms with E-state index in [9.17, 15) is 0 Å².